The van der Waals surface area contributed by atoms with Gasteiger partial charge < -0.3 is 10.2 Å². The molecule has 2 aliphatic rings. The van der Waals surface area contributed by atoms with Crippen LogP contribution >= 0.6 is 11.6 Å². The molecule has 9 nitrogen and oxygen atoms in total. The minimum atomic E-state index is -3.56. The lowest BCUT2D eigenvalue weighted by atomic mass is 9.65. The maximum absolute atomic E-state index is 13.5. The summed E-state index contributed by atoms with van der Waals surface area (Å²) < 4.78 is 28.5. The number of nitrogens with one attached hydrogen (secondary N) is 2. The summed E-state index contributed by atoms with van der Waals surface area (Å²) in [7, 11) is -3.56. The molecule has 2 aliphatic heterocycles. The van der Waals surface area contributed by atoms with E-state index in [1.807, 2.05) is 21.7 Å². The lowest BCUT2D eigenvalue weighted by Crippen LogP contribution is -2.55. The Morgan fingerprint density at radius 3 is 2.50 bits per heavy atom. The Labute approximate surface area is 206 Å². The molecule has 0 unspecified atom stereocenters. The molecule has 34 heavy (non-hydrogen) atoms. The molecule has 0 aliphatic carbocycles. The highest BCUT2D eigenvalue weighted by Crippen LogP contribution is 2.44. The number of hydrogen-bond donors (Lipinski definition) is 2. The van der Waals surface area contributed by atoms with Crippen molar-refractivity contribution in [2.75, 3.05) is 32.4 Å². The number of benzene rings is 1. The molecule has 4 rings (SSSR count). The third-order valence-electron chi connectivity index (χ3n) is 7.23. The van der Waals surface area contributed by atoms with Crippen molar-refractivity contribution in [2.45, 2.75) is 44.7 Å². The van der Waals surface area contributed by atoms with Gasteiger partial charge >= 0.3 is 0 Å². The Morgan fingerprint density at radius 1 is 1.24 bits per heavy atom. The van der Waals surface area contributed by atoms with Crippen LogP contribution in [0.15, 0.2) is 36.9 Å². The van der Waals surface area contributed by atoms with E-state index in [9.17, 15) is 13.2 Å². The van der Waals surface area contributed by atoms with Crippen molar-refractivity contribution in [1.82, 2.24) is 29.7 Å². The number of amides is 1. The van der Waals surface area contributed by atoms with Gasteiger partial charge in [-0.3, -0.25) is 9.48 Å². The van der Waals surface area contributed by atoms with Crippen molar-refractivity contribution < 1.29 is 13.2 Å². The van der Waals surface area contributed by atoms with Crippen molar-refractivity contribution in [1.29, 1.82) is 0 Å². The van der Waals surface area contributed by atoms with Crippen LogP contribution in [0.4, 0.5) is 0 Å². The van der Waals surface area contributed by atoms with Gasteiger partial charge in [-0.15, -0.1) is 0 Å². The van der Waals surface area contributed by atoms with E-state index < -0.39 is 16.1 Å². The summed E-state index contributed by atoms with van der Waals surface area (Å²) in [6.07, 6.45) is 8.62. The van der Waals surface area contributed by atoms with Gasteiger partial charge in [-0.1, -0.05) is 23.7 Å². The number of aromatic nitrogens is 3. The summed E-state index contributed by atoms with van der Waals surface area (Å²) in [5.74, 6) is 0.370. The quantitative estimate of drug-likeness (QED) is 0.561. The van der Waals surface area contributed by atoms with Crippen molar-refractivity contribution >= 4 is 27.5 Å². The number of likely N-dealkylation sites (tertiary alicyclic amines) is 1. The molecule has 0 radical (unpaired) electrons. The Morgan fingerprint density at radius 2 is 1.91 bits per heavy atom. The molecular formula is C23H33ClN6O3S. The number of hydrogen-bond acceptors (Lipinski definition) is 6. The number of nitrogens with zero attached hydrogens (tertiary/aromatic N) is 4. The Kier molecular flexibility index (Phi) is 7.91. The third-order valence-corrected chi connectivity index (χ3v) is 8.19. The topological polar surface area (TPSA) is 109 Å². The molecular weight excluding hydrogens is 476 g/mol. The lowest BCUT2D eigenvalue weighted by Gasteiger charge is -2.48. The van der Waals surface area contributed by atoms with Gasteiger partial charge in [0.1, 0.15) is 18.7 Å². The van der Waals surface area contributed by atoms with E-state index in [1.165, 1.54) is 0 Å². The number of halogens is 1. The highest BCUT2D eigenvalue weighted by Gasteiger charge is 2.43. The van der Waals surface area contributed by atoms with Crippen LogP contribution in [0.3, 0.4) is 0 Å². The summed E-state index contributed by atoms with van der Waals surface area (Å²) in [5.41, 5.74) is 0.897. The molecule has 3 heterocycles. The zero-order valence-electron chi connectivity index (χ0n) is 19.5. The van der Waals surface area contributed by atoms with E-state index in [0.717, 1.165) is 57.1 Å². The van der Waals surface area contributed by atoms with Crippen LogP contribution in [-0.4, -0.2) is 72.5 Å². The van der Waals surface area contributed by atoms with Gasteiger partial charge in [0.15, 0.2) is 0 Å². The van der Waals surface area contributed by atoms with Gasteiger partial charge in [0.25, 0.3) is 0 Å². The third kappa shape index (κ3) is 6.35. The highest BCUT2D eigenvalue weighted by molar-refractivity contribution is 7.88. The second-order valence-corrected chi connectivity index (χ2v) is 11.8. The zero-order chi connectivity index (χ0) is 24.2. The molecule has 0 spiro atoms. The number of carbonyl (C=O) groups is 1. The van der Waals surface area contributed by atoms with Crippen molar-refractivity contribution in [3.63, 3.8) is 0 Å². The van der Waals surface area contributed by atoms with E-state index in [2.05, 4.69) is 20.1 Å². The average molecular weight is 509 g/mol. The fraction of sp³-hybridized carbons (Fsp3) is 0.609. The van der Waals surface area contributed by atoms with Crippen LogP contribution in [-0.2, 0) is 27.8 Å². The van der Waals surface area contributed by atoms with Gasteiger partial charge in [-0.25, -0.2) is 18.1 Å². The minimum absolute atomic E-state index is 0.0442. The molecule has 1 aromatic heterocycles. The average Bonchev–Trinajstić information content (AvgIpc) is 3.33. The maximum atomic E-state index is 13.5. The van der Waals surface area contributed by atoms with Gasteiger partial charge in [-0.2, -0.15) is 5.10 Å². The van der Waals surface area contributed by atoms with E-state index in [4.69, 9.17) is 11.6 Å². The molecule has 2 N–H and O–H groups in total. The summed E-state index contributed by atoms with van der Waals surface area (Å²) in [5, 5.41) is 8.39. The van der Waals surface area contributed by atoms with E-state index in [0.29, 0.717) is 24.0 Å². The van der Waals surface area contributed by atoms with Crippen LogP contribution in [0.25, 0.3) is 0 Å². The lowest BCUT2D eigenvalue weighted by molar-refractivity contribution is -0.136. The van der Waals surface area contributed by atoms with Crippen molar-refractivity contribution in [3.05, 3.63) is 47.5 Å². The fourth-order valence-electron chi connectivity index (χ4n) is 5.45. The molecule has 186 valence electrons. The van der Waals surface area contributed by atoms with Gasteiger partial charge in [-0.05, 0) is 74.2 Å². The molecule has 2 aromatic rings. The fourth-order valence-corrected chi connectivity index (χ4v) is 6.28. The SMILES string of the molecule is CS(=O)(=O)N[C@H](Cc1ccc(Cl)cc1)C(=O)N1CCC(Cn2cncn2)(C2CCNCC2)CC1. The molecule has 11 heteroatoms. The predicted octanol–water partition coefficient (Wildman–Crippen LogP) is 1.70. The molecule has 0 saturated carbocycles. The zero-order valence-corrected chi connectivity index (χ0v) is 21.1. The first kappa shape index (κ1) is 25.1. The second kappa shape index (κ2) is 10.7. The molecule has 0 bridgehead atoms. The Bertz CT molecular complexity index is 1050. The van der Waals surface area contributed by atoms with E-state index >= 15 is 0 Å². The number of sulfonamides is 1. The molecule has 1 atom stereocenters. The van der Waals surface area contributed by atoms with Crippen LogP contribution in [0.2, 0.25) is 5.02 Å². The smallest absolute Gasteiger partial charge is 0.241 e. The molecule has 1 amide bonds. The standard InChI is InChI=1S/C23H33ClN6O3S/c1-34(32,33)28-21(14-18-2-4-20(24)5-3-18)22(31)29-12-8-23(9-13-29,15-30-17-26-16-27-30)19-6-10-25-11-7-19/h2-5,16-17,19,21,25,28H,6-15H2,1H3/t21-/m1/s1. The first-order valence-electron chi connectivity index (χ1n) is 11.8. The normalized spacial score (nSPS) is 20.2. The van der Waals surface area contributed by atoms with Crippen LogP contribution in [0, 0.1) is 11.3 Å². The van der Waals surface area contributed by atoms with E-state index in [1.54, 1.807) is 24.8 Å². The first-order chi connectivity index (χ1) is 16.2. The van der Waals surface area contributed by atoms with Crippen molar-refractivity contribution in [3.8, 4) is 0 Å². The largest absolute Gasteiger partial charge is 0.341 e. The maximum Gasteiger partial charge on any atom is 0.241 e. The van der Waals surface area contributed by atoms with Crippen LogP contribution < -0.4 is 10.0 Å². The minimum Gasteiger partial charge on any atom is -0.341 e. The Balaban J connectivity index is 1.48. The summed E-state index contributed by atoms with van der Waals surface area (Å²) >= 11 is 5.98. The highest BCUT2D eigenvalue weighted by atomic mass is 35.5. The molecule has 2 saturated heterocycles. The summed E-state index contributed by atoms with van der Waals surface area (Å²) in [6, 6.07) is 6.29. The monoisotopic (exact) mass is 508 g/mol. The molecule has 2 fully saturated rings. The van der Waals surface area contributed by atoms with Gasteiger partial charge in [0.05, 0.1) is 6.26 Å². The number of rotatable bonds is 8. The summed E-state index contributed by atoms with van der Waals surface area (Å²) in [4.78, 5) is 19.4. The number of carbonyl (C=O) groups excluding carboxylic acids is 1. The van der Waals surface area contributed by atoms with E-state index in [-0.39, 0.29) is 17.7 Å². The summed E-state index contributed by atoms with van der Waals surface area (Å²) in [6.45, 7) is 4.00. The Hall–Kier alpha value is -2.01. The second-order valence-electron chi connectivity index (χ2n) is 9.58. The van der Waals surface area contributed by atoms with Crippen LogP contribution in [0.1, 0.15) is 31.2 Å². The first-order valence-corrected chi connectivity index (χ1v) is 14.0. The van der Waals surface area contributed by atoms with Gasteiger partial charge in [0.2, 0.25) is 15.9 Å². The predicted molar refractivity (Wildman–Crippen MR) is 131 cm³/mol. The van der Waals surface area contributed by atoms with Crippen molar-refractivity contribution in [2.24, 2.45) is 11.3 Å². The number of piperidine rings is 2. The van der Waals surface area contributed by atoms with Crippen LogP contribution in [0.5, 0.6) is 0 Å². The van der Waals surface area contributed by atoms with Gasteiger partial charge in [0, 0.05) is 24.7 Å². The molecule has 1 aromatic carbocycles.